The van der Waals surface area contributed by atoms with Gasteiger partial charge in [-0.05, 0) is 78.6 Å². The predicted octanol–water partition coefficient (Wildman–Crippen LogP) is 5.62. The zero-order chi connectivity index (χ0) is 30.3. The lowest BCUT2D eigenvalue weighted by molar-refractivity contribution is -0.136. The molecule has 1 atom stereocenters. The van der Waals surface area contributed by atoms with Crippen LogP contribution in [-0.2, 0) is 25.8 Å². The summed E-state index contributed by atoms with van der Waals surface area (Å²) in [6.45, 7) is 1.75. The minimum absolute atomic E-state index is 0.0368. The van der Waals surface area contributed by atoms with Gasteiger partial charge in [0, 0.05) is 24.1 Å². The molecule has 0 bridgehead atoms. The Balaban J connectivity index is 1.56. The van der Waals surface area contributed by atoms with Crippen molar-refractivity contribution in [3.05, 3.63) is 94.5 Å². The molecular weight excluding hydrogens is 552 g/mol. The Bertz CT molecular complexity index is 1530. The number of hydrogen-bond acceptors (Lipinski definition) is 5. The van der Waals surface area contributed by atoms with Gasteiger partial charge in [-0.15, -0.1) is 0 Å². The lowest BCUT2D eigenvalue weighted by Gasteiger charge is -2.23. The normalized spacial score (nSPS) is 14.6. The van der Waals surface area contributed by atoms with Gasteiger partial charge in [0.05, 0.1) is 17.2 Å². The Morgan fingerprint density at radius 2 is 1.60 bits per heavy atom. The number of carboxylic acids is 1. The molecule has 8 nitrogen and oxygen atoms in total. The van der Waals surface area contributed by atoms with Crippen molar-refractivity contribution in [2.45, 2.75) is 68.6 Å². The first-order valence-corrected chi connectivity index (χ1v) is 16.2. The zero-order valence-electron chi connectivity index (χ0n) is 24.1. The maximum atomic E-state index is 13.7. The number of hydrogen-bond donors (Lipinski definition) is 3. The average Bonchev–Trinajstić information content (AvgIpc) is 2.97. The molecule has 3 aromatic carbocycles. The van der Waals surface area contributed by atoms with Gasteiger partial charge in [-0.25, -0.2) is 8.42 Å². The van der Waals surface area contributed by atoms with Crippen LogP contribution >= 0.6 is 0 Å². The summed E-state index contributed by atoms with van der Waals surface area (Å²) in [5.74, 6) is -1.64. The van der Waals surface area contributed by atoms with Crippen LogP contribution in [0.3, 0.4) is 0 Å². The van der Waals surface area contributed by atoms with E-state index in [2.05, 4.69) is 22.8 Å². The van der Waals surface area contributed by atoms with Crippen molar-refractivity contribution >= 4 is 33.3 Å². The number of nitrogens with one attached hydrogen (secondary N) is 2. The van der Waals surface area contributed by atoms with Crippen molar-refractivity contribution in [2.75, 3.05) is 18.1 Å². The Hall–Kier alpha value is -3.98. The van der Waals surface area contributed by atoms with Gasteiger partial charge in [-0.3, -0.25) is 14.4 Å². The van der Waals surface area contributed by atoms with E-state index in [4.69, 9.17) is 5.11 Å². The van der Waals surface area contributed by atoms with Crippen LogP contribution < -0.4 is 10.6 Å². The fraction of sp³-hybridized carbons (Fsp3) is 0.364. The number of carbonyl (C=O) groups excluding carboxylic acids is 2. The van der Waals surface area contributed by atoms with Crippen LogP contribution in [-0.4, -0.2) is 44.1 Å². The van der Waals surface area contributed by atoms with Crippen molar-refractivity contribution in [3.63, 3.8) is 0 Å². The molecule has 1 aliphatic carbocycles. The lowest BCUT2D eigenvalue weighted by Crippen LogP contribution is -2.26. The number of aryl methyl sites for hydroxylation is 1. The number of carbonyl (C=O) groups is 3. The zero-order valence-corrected chi connectivity index (χ0v) is 24.9. The summed E-state index contributed by atoms with van der Waals surface area (Å²) in [4.78, 5) is 37.0. The lowest BCUT2D eigenvalue weighted by atomic mass is 9.83. The summed E-state index contributed by atoms with van der Waals surface area (Å²) in [6.07, 6.45) is 7.44. The molecule has 222 valence electrons. The largest absolute Gasteiger partial charge is 0.481 e. The van der Waals surface area contributed by atoms with E-state index in [9.17, 15) is 22.8 Å². The number of anilines is 1. The molecule has 3 aromatic rings. The molecular formula is C33H38N2O6S. The van der Waals surface area contributed by atoms with Gasteiger partial charge in [-0.2, -0.15) is 0 Å². The highest BCUT2D eigenvalue weighted by Gasteiger charge is 2.24. The van der Waals surface area contributed by atoms with Gasteiger partial charge in [0.1, 0.15) is 0 Å². The maximum absolute atomic E-state index is 13.7. The Labute approximate surface area is 247 Å². The van der Waals surface area contributed by atoms with Crippen molar-refractivity contribution in [1.29, 1.82) is 0 Å². The van der Waals surface area contributed by atoms with Crippen LogP contribution in [0, 0.1) is 6.92 Å². The third kappa shape index (κ3) is 8.28. The molecule has 1 unspecified atom stereocenters. The van der Waals surface area contributed by atoms with Gasteiger partial charge in [0.2, 0.25) is 5.91 Å². The summed E-state index contributed by atoms with van der Waals surface area (Å²) in [7, 11) is -3.46. The van der Waals surface area contributed by atoms with E-state index >= 15 is 0 Å². The monoisotopic (exact) mass is 590 g/mol. The summed E-state index contributed by atoms with van der Waals surface area (Å²) in [5.41, 5.74) is 4.38. The molecule has 0 spiro atoms. The highest BCUT2D eigenvalue weighted by Crippen LogP contribution is 2.34. The minimum Gasteiger partial charge on any atom is -0.481 e. The molecule has 3 N–H and O–H groups in total. The van der Waals surface area contributed by atoms with Crippen LogP contribution in [0.1, 0.15) is 83.0 Å². The second-order valence-corrected chi connectivity index (χ2v) is 13.1. The second-order valence-electron chi connectivity index (χ2n) is 11.1. The molecule has 1 fully saturated rings. The molecule has 0 radical (unpaired) electrons. The Kier molecular flexibility index (Phi) is 10.2. The number of carboxylic acid groups (broad SMARTS) is 1. The highest BCUT2D eigenvalue weighted by atomic mass is 32.2. The Morgan fingerprint density at radius 3 is 2.21 bits per heavy atom. The third-order valence-corrected chi connectivity index (χ3v) is 9.11. The van der Waals surface area contributed by atoms with E-state index in [0.717, 1.165) is 17.4 Å². The van der Waals surface area contributed by atoms with Gasteiger partial charge in [0.25, 0.3) is 5.91 Å². The Morgan fingerprint density at radius 1 is 0.929 bits per heavy atom. The average molecular weight is 591 g/mol. The molecule has 0 aromatic heterocycles. The summed E-state index contributed by atoms with van der Waals surface area (Å²) in [5, 5.41) is 14.3. The van der Waals surface area contributed by atoms with Gasteiger partial charge in [0.15, 0.2) is 9.84 Å². The standard InChI is InChI=1S/C33H38N2O6S/c1-22-8-17-28(21-30(22)42(2,40)41)35-33(39)29(26-15-13-25(14-16-26)24-6-4-3-5-7-24)20-23-9-11-27(12-10-23)32(38)34-19-18-31(36)37/h8-17,21,24,29H,3-7,18-20H2,1-2H3,(H,34,38)(H,35,39)(H,36,37). The quantitative estimate of drug-likeness (QED) is 0.266. The maximum Gasteiger partial charge on any atom is 0.305 e. The van der Waals surface area contributed by atoms with Crippen LogP contribution in [0.25, 0.3) is 0 Å². The van der Waals surface area contributed by atoms with Crippen molar-refractivity contribution < 1.29 is 27.9 Å². The molecule has 9 heteroatoms. The summed E-state index contributed by atoms with van der Waals surface area (Å²) in [6, 6.07) is 20.0. The SMILES string of the molecule is Cc1ccc(NC(=O)C(Cc2ccc(C(=O)NCCC(=O)O)cc2)c2ccc(C3CCCCC3)cc2)cc1S(C)(=O)=O. The van der Waals surface area contributed by atoms with Crippen LogP contribution in [0.15, 0.2) is 71.6 Å². The molecule has 0 saturated heterocycles. The van der Waals surface area contributed by atoms with Crippen LogP contribution in [0.4, 0.5) is 5.69 Å². The van der Waals surface area contributed by atoms with E-state index in [-0.39, 0.29) is 29.7 Å². The number of amides is 2. The molecule has 0 aliphatic heterocycles. The topological polar surface area (TPSA) is 130 Å². The second kappa shape index (κ2) is 13.8. The van der Waals surface area contributed by atoms with E-state index in [1.807, 2.05) is 12.1 Å². The first-order valence-electron chi connectivity index (χ1n) is 14.3. The van der Waals surface area contributed by atoms with E-state index in [1.165, 1.54) is 43.7 Å². The van der Waals surface area contributed by atoms with Crippen molar-refractivity contribution in [3.8, 4) is 0 Å². The highest BCUT2D eigenvalue weighted by molar-refractivity contribution is 7.90. The number of aliphatic carboxylic acids is 1. The van der Waals surface area contributed by atoms with Crippen molar-refractivity contribution in [1.82, 2.24) is 5.32 Å². The number of rotatable bonds is 11. The summed E-state index contributed by atoms with van der Waals surface area (Å²) < 4.78 is 24.5. The first-order chi connectivity index (χ1) is 20.0. The van der Waals surface area contributed by atoms with Crippen LogP contribution in [0.2, 0.25) is 0 Å². The van der Waals surface area contributed by atoms with Gasteiger partial charge in [-0.1, -0.05) is 61.7 Å². The first kappa shape index (κ1) is 31.0. The summed E-state index contributed by atoms with van der Waals surface area (Å²) >= 11 is 0. The fourth-order valence-electron chi connectivity index (χ4n) is 5.52. The smallest absolute Gasteiger partial charge is 0.305 e. The van der Waals surface area contributed by atoms with E-state index in [1.54, 1.807) is 43.3 Å². The molecule has 0 heterocycles. The minimum atomic E-state index is -3.46. The molecule has 4 rings (SSSR count). The molecule has 42 heavy (non-hydrogen) atoms. The predicted molar refractivity (Wildman–Crippen MR) is 163 cm³/mol. The van der Waals surface area contributed by atoms with Crippen molar-refractivity contribution in [2.24, 2.45) is 0 Å². The van der Waals surface area contributed by atoms with Gasteiger partial charge >= 0.3 is 5.97 Å². The van der Waals surface area contributed by atoms with Crippen LogP contribution in [0.5, 0.6) is 0 Å². The van der Waals surface area contributed by atoms with Gasteiger partial charge < -0.3 is 15.7 Å². The fourth-order valence-corrected chi connectivity index (χ4v) is 6.51. The number of benzene rings is 3. The number of sulfone groups is 1. The molecule has 1 saturated carbocycles. The molecule has 2 amide bonds. The van der Waals surface area contributed by atoms with E-state index in [0.29, 0.717) is 29.2 Å². The van der Waals surface area contributed by atoms with E-state index < -0.39 is 21.7 Å². The third-order valence-electron chi connectivity index (χ3n) is 7.87. The molecule has 1 aliphatic rings.